The van der Waals surface area contributed by atoms with E-state index in [1.807, 2.05) is 6.92 Å². The van der Waals surface area contributed by atoms with Crippen molar-refractivity contribution in [3.8, 4) is 0 Å². The van der Waals surface area contributed by atoms with Gasteiger partial charge < -0.3 is 9.47 Å². The molecule has 1 atom stereocenters. The minimum atomic E-state index is -0.297. The zero-order chi connectivity index (χ0) is 10.7. The van der Waals surface area contributed by atoms with Gasteiger partial charge in [0, 0.05) is 6.42 Å². The summed E-state index contributed by atoms with van der Waals surface area (Å²) >= 11 is 0. The molecule has 3 heteroatoms. The molecular formula is C11H16O3. The summed E-state index contributed by atoms with van der Waals surface area (Å²) in [5, 5.41) is 0. The van der Waals surface area contributed by atoms with Gasteiger partial charge in [0.2, 0.25) is 0 Å². The van der Waals surface area contributed by atoms with Gasteiger partial charge in [-0.2, -0.15) is 0 Å². The summed E-state index contributed by atoms with van der Waals surface area (Å²) in [5.41, 5.74) is 1.65. The third kappa shape index (κ3) is 1.97. The van der Waals surface area contributed by atoms with Crippen molar-refractivity contribution in [3.05, 3.63) is 23.5 Å². The van der Waals surface area contributed by atoms with E-state index in [9.17, 15) is 4.79 Å². The molecule has 1 aliphatic heterocycles. The van der Waals surface area contributed by atoms with E-state index in [0.717, 1.165) is 12.0 Å². The summed E-state index contributed by atoms with van der Waals surface area (Å²) in [6, 6.07) is 0. The van der Waals surface area contributed by atoms with Gasteiger partial charge in [0.1, 0.15) is 11.9 Å². The van der Waals surface area contributed by atoms with Gasteiger partial charge in [-0.1, -0.05) is 13.5 Å². The van der Waals surface area contributed by atoms with Gasteiger partial charge in [-0.15, -0.1) is 0 Å². The molecule has 1 rings (SSSR count). The second kappa shape index (κ2) is 4.31. The molecule has 14 heavy (non-hydrogen) atoms. The van der Waals surface area contributed by atoms with Crippen LogP contribution in [0.1, 0.15) is 26.7 Å². The Morgan fingerprint density at radius 3 is 2.86 bits per heavy atom. The van der Waals surface area contributed by atoms with Crippen molar-refractivity contribution in [1.82, 2.24) is 0 Å². The monoisotopic (exact) mass is 196 g/mol. The van der Waals surface area contributed by atoms with Crippen LogP contribution in [-0.4, -0.2) is 19.2 Å². The van der Waals surface area contributed by atoms with Crippen LogP contribution in [0, 0.1) is 0 Å². The highest BCUT2D eigenvalue weighted by Gasteiger charge is 2.29. The Morgan fingerprint density at radius 1 is 1.71 bits per heavy atom. The average molecular weight is 196 g/mol. The number of methoxy groups -OCH3 is 1. The quantitative estimate of drug-likeness (QED) is 0.512. The van der Waals surface area contributed by atoms with Gasteiger partial charge in [0.25, 0.3) is 0 Å². The summed E-state index contributed by atoms with van der Waals surface area (Å²) < 4.78 is 10.2. The lowest BCUT2D eigenvalue weighted by Crippen LogP contribution is -2.10. The Balaban J connectivity index is 2.69. The topological polar surface area (TPSA) is 35.5 Å². The number of allylic oxidation sites excluding steroid dienone is 1. The molecule has 0 aliphatic carbocycles. The van der Waals surface area contributed by atoms with Gasteiger partial charge in [0.05, 0.1) is 12.7 Å². The predicted molar refractivity (Wildman–Crippen MR) is 53.6 cm³/mol. The molecule has 0 aromatic carbocycles. The van der Waals surface area contributed by atoms with Crippen LogP contribution in [0.15, 0.2) is 23.5 Å². The van der Waals surface area contributed by atoms with E-state index in [1.165, 1.54) is 7.11 Å². The fourth-order valence-electron chi connectivity index (χ4n) is 1.46. The zero-order valence-electron chi connectivity index (χ0n) is 8.92. The predicted octanol–water partition coefficient (Wildman–Crippen LogP) is 2.19. The van der Waals surface area contributed by atoms with Crippen molar-refractivity contribution in [2.75, 3.05) is 7.11 Å². The van der Waals surface area contributed by atoms with E-state index in [-0.39, 0.29) is 12.1 Å². The summed E-state index contributed by atoms with van der Waals surface area (Å²) in [7, 11) is 1.38. The first-order valence-corrected chi connectivity index (χ1v) is 4.72. The van der Waals surface area contributed by atoms with Crippen molar-refractivity contribution in [3.63, 3.8) is 0 Å². The van der Waals surface area contributed by atoms with Gasteiger partial charge in [-0.05, 0) is 18.9 Å². The summed E-state index contributed by atoms with van der Waals surface area (Å²) in [6.45, 7) is 7.72. The average Bonchev–Trinajstić information content (AvgIpc) is 2.58. The van der Waals surface area contributed by atoms with Crippen LogP contribution in [0.25, 0.3) is 0 Å². The number of ether oxygens (including phenoxy) is 2. The molecule has 0 amide bonds. The Bertz CT molecular complexity index is 289. The number of carbonyl (C=O) groups is 1. The molecule has 0 N–H and O–H groups in total. The fraction of sp³-hybridized carbons (Fsp3) is 0.545. The normalized spacial score (nSPS) is 20.6. The second-order valence-corrected chi connectivity index (χ2v) is 3.35. The number of hydrogen-bond donors (Lipinski definition) is 0. The number of esters is 1. The van der Waals surface area contributed by atoms with Gasteiger partial charge in [-0.25, -0.2) is 4.79 Å². The summed E-state index contributed by atoms with van der Waals surface area (Å²) in [4.78, 5) is 11.3. The third-order valence-corrected chi connectivity index (χ3v) is 2.47. The lowest BCUT2D eigenvalue weighted by molar-refractivity contribution is -0.136. The smallest absolute Gasteiger partial charge is 0.337 e. The summed E-state index contributed by atoms with van der Waals surface area (Å²) in [5.74, 6) is 0.366. The minimum absolute atomic E-state index is 0.0471. The van der Waals surface area contributed by atoms with Gasteiger partial charge in [0.15, 0.2) is 0 Å². The largest absolute Gasteiger partial charge is 0.490 e. The molecular weight excluding hydrogens is 180 g/mol. The Kier molecular flexibility index (Phi) is 3.33. The van der Waals surface area contributed by atoms with Crippen LogP contribution in [0.3, 0.4) is 0 Å². The van der Waals surface area contributed by atoms with Crippen molar-refractivity contribution >= 4 is 5.97 Å². The van der Waals surface area contributed by atoms with E-state index >= 15 is 0 Å². The fourth-order valence-corrected chi connectivity index (χ4v) is 1.46. The van der Waals surface area contributed by atoms with Crippen LogP contribution in [0.2, 0.25) is 0 Å². The first kappa shape index (κ1) is 10.8. The maximum Gasteiger partial charge on any atom is 0.337 e. The highest BCUT2D eigenvalue weighted by Crippen LogP contribution is 2.30. The van der Waals surface area contributed by atoms with E-state index < -0.39 is 0 Å². The van der Waals surface area contributed by atoms with Crippen molar-refractivity contribution < 1.29 is 14.3 Å². The molecule has 0 bridgehead atoms. The van der Waals surface area contributed by atoms with Crippen molar-refractivity contribution in [1.29, 1.82) is 0 Å². The second-order valence-electron chi connectivity index (χ2n) is 3.35. The molecule has 1 aliphatic rings. The molecule has 78 valence electrons. The molecule has 0 fully saturated rings. The van der Waals surface area contributed by atoms with E-state index in [4.69, 9.17) is 4.74 Å². The highest BCUT2D eigenvalue weighted by molar-refractivity contribution is 5.89. The standard InChI is InChI=1S/C11H16O3/c1-5-7(2)10-6-9(8(3)14-10)11(12)13-4/h10H,2,5-6H2,1,3-4H3. The summed E-state index contributed by atoms with van der Waals surface area (Å²) in [6.07, 6.45) is 1.41. The number of hydrogen-bond acceptors (Lipinski definition) is 3. The lowest BCUT2D eigenvalue weighted by atomic mass is 10.0. The van der Waals surface area contributed by atoms with Crippen LogP contribution in [-0.2, 0) is 14.3 Å². The Hall–Kier alpha value is -1.25. The van der Waals surface area contributed by atoms with Gasteiger partial charge >= 0.3 is 5.97 Å². The molecule has 1 heterocycles. The maximum atomic E-state index is 11.3. The number of carbonyl (C=O) groups excluding carboxylic acids is 1. The molecule has 0 saturated carbocycles. The highest BCUT2D eigenvalue weighted by atomic mass is 16.5. The number of rotatable bonds is 3. The molecule has 1 unspecified atom stereocenters. The van der Waals surface area contributed by atoms with Crippen molar-refractivity contribution in [2.45, 2.75) is 32.8 Å². The van der Waals surface area contributed by atoms with Crippen molar-refractivity contribution in [2.24, 2.45) is 0 Å². The van der Waals surface area contributed by atoms with Crippen LogP contribution in [0.5, 0.6) is 0 Å². The maximum absolute atomic E-state index is 11.3. The molecule has 0 aromatic heterocycles. The molecule has 0 saturated heterocycles. The first-order chi connectivity index (χ1) is 6.60. The first-order valence-electron chi connectivity index (χ1n) is 4.72. The Morgan fingerprint density at radius 2 is 2.36 bits per heavy atom. The molecule has 0 aromatic rings. The zero-order valence-corrected chi connectivity index (χ0v) is 8.92. The van der Waals surface area contributed by atoms with E-state index in [1.54, 1.807) is 6.92 Å². The van der Waals surface area contributed by atoms with E-state index in [2.05, 4.69) is 11.3 Å². The Labute approximate surface area is 84.4 Å². The SMILES string of the molecule is C=C(CC)C1CC(C(=O)OC)=C(C)O1. The molecule has 0 radical (unpaired) electrons. The van der Waals surface area contributed by atoms with Crippen LogP contribution in [0.4, 0.5) is 0 Å². The lowest BCUT2D eigenvalue weighted by Gasteiger charge is -2.12. The molecule has 3 nitrogen and oxygen atoms in total. The van der Waals surface area contributed by atoms with E-state index in [0.29, 0.717) is 17.8 Å². The molecule has 0 spiro atoms. The van der Waals surface area contributed by atoms with Crippen LogP contribution >= 0.6 is 0 Å². The minimum Gasteiger partial charge on any atom is -0.490 e. The van der Waals surface area contributed by atoms with Gasteiger partial charge in [-0.3, -0.25) is 0 Å². The third-order valence-electron chi connectivity index (χ3n) is 2.47. The van der Waals surface area contributed by atoms with Crippen LogP contribution < -0.4 is 0 Å².